The van der Waals surface area contributed by atoms with Gasteiger partial charge in [0.25, 0.3) is 0 Å². The molecule has 2 aliphatic rings. The number of aliphatic carboxylic acids is 1. The van der Waals surface area contributed by atoms with Gasteiger partial charge in [-0.2, -0.15) is 0 Å². The van der Waals surface area contributed by atoms with Gasteiger partial charge in [-0.05, 0) is 51.4 Å². The summed E-state index contributed by atoms with van der Waals surface area (Å²) in [6, 6.07) is 48.8. The molecular formula is C40H29LiO4. The van der Waals surface area contributed by atoms with Gasteiger partial charge in [-0.15, -0.1) is 0 Å². The van der Waals surface area contributed by atoms with Crippen LogP contribution in [0.15, 0.2) is 146 Å². The molecule has 214 valence electrons. The third kappa shape index (κ3) is 4.75. The maximum atomic E-state index is 12.1. The number of carboxylic acids is 1. The number of benzene rings is 6. The number of hydrogen-bond acceptors (Lipinski definition) is 4. The van der Waals surface area contributed by atoms with Crippen molar-refractivity contribution in [1.29, 1.82) is 0 Å². The van der Waals surface area contributed by atoms with Gasteiger partial charge in [-0.1, -0.05) is 146 Å². The summed E-state index contributed by atoms with van der Waals surface area (Å²) in [7, 11) is 0. The average molecular weight is 581 g/mol. The van der Waals surface area contributed by atoms with Gasteiger partial charge in [0.05, 0.1) is 0 Å². The predicted molar refractivity (Wildman–Crippen MR) is 171 cm³/mol. The van der Waals surface area contributed by atoms with Crippen LogP contribution in [0.1, 0.15) is 40.3 Å². The molecule has 2 N–H and O–H groups in total. The molecule has 0 radical (unpaired) electrons. The number of carboxylic acid groups (broad SMARTS) is 1. The Bertz CT molecular complexity index is 1790. The van der Waals surface area contributed by atoms with Crippen molar-refractivity contribution in [1.82, 2.24) is 0 Å². The van der Waals surface area contributed by atoms with E-state index in [1.807, 2.05) is 97.1 Å². The van der Waals surface area contributed by atoms with Crippen molar-refractivity contribution in [2.45, 2.75) is 18.1 Å². The SMILES string of the molecule is CC(=O)[O-].OC1(c2ccc(-c3ccc(C4(O)c5ccccc5-c5ccccc54)cc3)cc2)c2ccccc2-c2ccccc21.[Li+]. The number of rotatable bonds is 3. The van der Waals surface area contributed by atoms with E-state index >= 15 is 0 Å². The van der Waals surface area contributed by atoms with Gasteiger partial charge >= 0.3 is 18.9 Å². The zero-order chi connectivity index (χ0) is 30.5. The molecule has 4 nitrogen and oxygen atoms in total. The summed E-state index contributed by atoms with van der Waals surface area (Å²) in [6.45, 7) is 0.972. The van der Waals surface area contributed by atoms with Crippen LogP contribution in [0, 0.1) is 0 Å². The first-order valence-electron chi connectivity index (χ1n) is 14.6. The third-order valence-electron chi connectivity index (χ3n) is 8.79. The van der Waals surface area contributed by atoms with E-state index in [2.05, 4.69) is 48.5 Å². The number of carbonyl (C=O) groups is 1. The molecule has 6 aromatic carbocycles. The first-order valence-corrected chi connectivity index (χ1v) is 14.6. The molecule has 8 rings (SSSR count). The van der Waals surface area contributed by atoms with E-state index in [0.717, 1.165) is 73.7 Å². The second kappa shape index (κ2) is 11.7. The fraction of sp³-hybridized carbons (Fsp3) is 0.0750. The Morgan fingerprint density at radius 1 is 0.467 bits per heavy atom. The van der Waals surface area contributed by atoms with Crippen molar-refractivity contribution >= 4 is 5.97 Å². The first kappa shape index (κ1) is 30.3. The molecule has 0 amide bonds. The van der Waals surface area contributed by atoms with Crippen molar-refractivity contribution in [2.75, 3.05) is 0 Å². The molecule has 0 saturated heterocycles. The van der Waals surface area contributed by atoms with Crippen LogP contribution in [0.2, 0.25) is 0 Å². The van der Waals surface area contributed by atoms with Crippen LogP contribution in [0.3, 0.4) is 0 Å². The van der Waals surface area contributed by atoms with E-state index in [1.54, 1.807) is 0 Å². The second-order valence-electron chi connectivity index (χ2n) is 11.2. The van der Waals surface area contributed by atoms with Gasteiger partial charge < -0.3 is 20.1 Å². The summed E-state index contributed by atoms with van der Waals surface area (Å²) in [5, 5.41) is 33.2. The molecule has 6 aromatic rings. The summed E-state index contributed by atoms with van der Waals surface area (Å²) in [4.78, 5) is 8.89. The van der Waals surface area contributed by atoms with Gasteiger partial charge in [0.1, 0.15) is 11.2 Å². The normalized spacial score (nSPS) is 14.0. The standard InChI is InChI=1S/C38H26O2.C2H4O2.Li/c39-37(33-13-5-1-9-29(33)30-10-2-6-14-34(30)37)27-21-17-25(18-22-27)26-19-23-28(24-20-26)38(40)35-15-7-3-11-31(35)32-12-4-8-16-36(32)38;1-2(3)4;/h1-24,39-40H;1H3,(H,3,4);/q;;+1/p-1. The molecule has 0 unspecified atom stereocenters. The molecule has 0 bridgehead atoms. The van der Waals surface area contributed by atoms with Crippen molar-refractivity contribution in [3.63, 3.8) is 0 Å². The minimum atomic E-state index is -1.19. The molecule has 0 aliphatic heterocycles. The smallest absolute Gasteiger partial charge is 0.550 e. The van der Waals surface area contributed by atoms with Crippen LogP contribution in [-0.2, 0) is 16.0 Å². The van der Waals surface area contributed by atoms with Crippen LogP contribution < -0.4 is 24.0 Å². The Balaban J connectivity index is 0.000000677. The molecule has 0 fully saturated rings. The van der Waals surface area contributed by atoms with E-state index < -0.39 is 17.2 Å². The number of hydrogen-bond donors (Lipinski definition) is 2. The minimum Gasteiger partial charge on any atom is -0.550 e. The molecule has 2 aliphatic carbocycles. The van der Waals surface area contributed by atoms with Crippen molar-refractivity contribution in [3.05, 3.63) is 179 Å². The summed E-state index contributed by atoms with van der Waals surface area (Å²) < 4.78 is 0. The van der Waals surface area contributed by atoms with E-state index in [-0.39, 0.29) is 18.9 Å². The Morgan fingerprint density at radius 3 is 0.933 bits per heavy atom. The zero-order valence-electron chi connectivity index (χ0n) is 25.1. The molecule has 0 heterocycles. The van der Waals surface area contributed by atoms with Gasteiger partial charge in [-0.3, -0.25) is 0 Å². The van der Waals surface area contributed by atoms with Crippen LogP contribution in [0.5, 0.6) is 0 Å². The van der Waals surface area contributed by atoms with E-state index in [1.165, 1.54) is 0 Å². The molecule has 0 atom stereocenters. The third-order valence-corrected chi connectivity index (χ3v) is 8.79. The largest absolute Gasteiger partial charge is 1.00 e. The van der Waals surface area contributed by atoms with Gasteiger partial charge in [-0.25, -0.2) is 0 Å². The molecule has 5 heteroatoms. The van der Waals surface area contributed by atoms with Crippen molar-refractivity contribution in [3.8, 4) is 33.4 Å². The summed E-state index contributed by atoms with van der Waals surface area (Å²) in [5.74, 6) is -1.08. The first-order chi connectivity index (χ1) is 21.3. The van der Waals surface area contributed by atoms with Gasteiger partial charge in [0.15, 0.2) is 0 Å². The van der Waals surface area contributed by atoms with Crippen LogP contribution in [0.25, 0.3) is 33.4 Å². The summed E-state index contributed by atoms with van der Waals surface area (Å²) >= 11 is 0. The molecule has 0 saturated carbocycles. The zero-order valence-corrected chi connectivity index (χ0v) is 25.1. The minimum absolute atomic E-state index is 0. The maximum Gasteiger partial charge on any atom is 1.00 e. The number of carbonyl (C=O) groups excluding carboxylic acids is 1. The van der Waals surface area contributed by atoms with E-state index in [4.69, 9.17) is 9.90 Å². The Labute approximate surface area is 274 Å². The van der Waals surface area contributed by atoms with Gasteiger partial charge in [0.2, 0.25) is 0 Å². The molecule has 45 heavy (non-hydrogen) atoms. The monoisotopic (exact) mass is 580 g/mol. The van der Waals surface area contributed by atoms with Gasteiger partial charge in [0, 0.05) is 28.2 Å². The summed E-state index contributed by atoms with van der Waals surface area (Å²) in [6.07, 6.45) is 0. The Morgan fingerprint density at radius 2 is 0.689 bits per heavy atom. The molecule has 0 aromatic heterocycles. The van der Waals surface area contributed by atoms with Crippen LogP contribution >= 0.6 is 0 Å². The topological polar surface area (TPSA) is 80.6 Å². The number of fused-ring (bicyclic) bond motifs is 6. The predicted octanol–water partition coefficient (Wildman–Crippen LogP) is 3.64. The van der Waals surface area contributed by atoms with Crippen molar-refractivity contribution in [2.24, 2.45) is 0 Å². The summed E-state index contributed by atoms with van der Waals surface area (Å²) in [5.41, 5.74) is 9.38. The Hall–Kier alpha value is -4.69. The second-order valence-corrected chi connectivity index (χ2v) is 11.2. The quantitative estimate of drug-likeness (QED) is 0.314. The van der Waals surface area contributed by atoms with E-state index in [0.29, 0.717) is 0 Å². The van der Waals surface area contributed by atoms with Crippen LogP contribution in [0.4, 0.5) is 0 Å². The van der Waals surface area contributed by atoms with E-state index in [9.17, 15) is 10.2 Å². The fourth-order valence-corrected chi connectivity index (χ4v) is 6.85. The average Bonchev–Trinajstić information content (AvgIpc) is 3.49. The molecule has 0 spiro atoms. The Kier molecular flexibility index (Phi) is 7.87. The number of aliphatic hydroxyl groups is 2. The van der Waals surface area contributed by atoms with Crippen molar-refractivity contribution < 1.29 is 39.0 Å². The fourth-order valence-electron chi connectivity index (χ4n) is 6.85. The van der Waals surface area contributed by atoms with Crippen LogP contribution in [-0.4, -0.2) is 16.2 Å². The maximum absolute atomic E-state index is 12.1. The molecular weight excluding hydrogens is 551 g/mol.